The van der Waals surface area contributed by atoms with Gasteiger partial charge in [0.2, 0.25) is 0 Å². The molecule has 1 fully saturated rings. The molecule has 4 nitrogen and oxygen atoms in total. The molecular weight excluding hydrogens is 158 g/mol. The SMILES string of the molecule is COCCC1CNC(C(=O)O)C1. The molecule has 0 aromatic heterocycles. The fourth-order valence-corrected chi connectivity index (χ4v) is 1.50. The third-order valence-electron chi connectivity index (χ3n) is 2.25. The summed E-state index contributed by atoms with van der Waals surface area (Å²) in [5.41, 5.74) is 0. The lowest BCUT2D eigenvalue weighted by atomic mass is 10.0. The number of hydrogen-bond acceptors (Lipinski definition) is 3. The molecule has 0 aromatic carbocycles. The number of carboxylic acid groups (broad SMARTS) is 1. The fraction of sp³-hybridized carbons (Fsp3) is 0.875. The van der Waals surface area contributed by atoms with Crippen LogP contribution in [0.2, 0.25) is 0 Å². The molecule has 0 saturated carbocycles. The van der Waals surface area contributed by atoms with Crippen molar-refractivity contribution in [3.05, 3.63) is 0 Å². The second kappa shape index (κ2) is 4.42. The summed E-state index contributed by atoms with van der Waals surface area (Å²) in [6, 6.07) is -0.341. The molecule has 1 rings (SSSR count). The Morgan fingerprint density at radius 3 is 3.00 bits per heavy atom. The van der Waals surface area contributed by atoms with Crippen LogP contribution in [0.15, 0.2) is 0 Å². The molecule has 2 atom stereocenters. The molecule has 4 heteroatoms. The Kier molecular flexibility index (Phi) is 3.49. The molecule has 1 aliphatic rings. The van der Waals surface area contributed by atoms with E-state index in [9.17, 15) is 4.79 Å². The molecule has 1 saturated heterocycles. The first kappa shape index (κ1) is 9.48. The minimum Gasteiger partial charge on any atom is -0.480 e. The number of hydrogen-bond donors (Lipinski definition) is 2. The highest BCUT2D eigenvalue weighted by Gasteiger charge is 2.28. The van der Waals surface area contributed by atoms with Gasteiger partial charge in [-0.15, -0.1) is 0 Å². The number of rotatable bonds is 4. The van der Waals surface area contributed by atoms with Gasteiger partial charge in [-0.25, -0.2) is 0 Å². The van der Waals surface area contributed by atoms with Crippen molar-refractivity contribution in [1.29, 1.82) is 0 Å². The minimum atomic E-state index is -0.741. The third kappa shape index (κ3) is 2.46. The molecule has 2 N–H and O–H groups in total. The van der Waals surface area contributed by atoms with Crippen molar-refractivity contribution in [2.45, 2.75) is 18.9 Å². The zero-order chi connectivity index (χ0) is 8.97. The predicted molar refractivity (Wildman–Crippen MR) is 44.0 cm³/mol. The zero-order valence-electron chi connectivity index (χ0n) is 7.25. The maximum absolute atomic E-state index is 10.5. The van der Waals surface area contributed by atoms with Gasteiger partial charge in [-0.05, 0) is 25.3 Å². The first-order valence-electron chi connectivity index (χ1n) is 4.19. The van der Waals surface area contributed by atoms with Gasteiger partial charge in [0.15, 0.2) is 0 Å². The van der Waals surface area contributed by atoms with Gasteiger partial charge in [-0.1, -0.05) is 0 Å². The van der Waals surface area contributed by atoms with Gasteiger partial charge in [-0.3, -0.25) is 4.79 Å². The Morgan fingerprint density at radius 2 is 2.50 bits per heavy atom. The first-order chi connectivity index (χ1) is 5.74. The summed E-state index contributed by atoms with van der Waals surface area (Å²) in [6.07, 6.45) is 1.69. The van der Waals surface area contributed by atoms with Crippen LogP contribution in [0.25, 0.3) is 0 Å². The van der Waals surface area contributed by atoms with E-state index in [1.54, 1.807) is 7.11 Å². The van der Waals surface area contributed by atoms with E-state index in [-0.39, 0.29) is 6.04 Å². The maximum atomic E-state index is 10.5. The monoisotopic (exact) mass is 173 g/mol. The summed E-state index contributed by atoms with van der Waals surface area (Å²) in [5, 5.41) is 11.6. The summed E-state index contributed by atoms with van der Waals surface area (Å²) in [4.78, 5) is 10.5. The van der Waals surface area contributed by atoms with Gasteiger partial charge in [0.25, 0.3) is 0 Å². The molecule has 1 aliphatic heterocycles. The molecule has 1 heterocycles. The maximum Gasteiger partial charge on any atom is 0.320 e. The number of carboxylic acids is 1. The van der Waals surface area contributed by atoms with Gasteiger partial charge in [0, 0.05) is 13.7 Å². The molecule has 70 valence electrons. The largest absolute Gasteiger partial charge is 0.480 e. The Balaban J connectivity index is 2.21. The van der Waals surface area contributed by atoms with Crippen LogP contribution in [0.3, 0.4) is 0 Å². The van der Waals surface area contributed by atoms with Gasteiger partial charge < -0.3 is 15.2 Å². The van der Waals surface area contributed by atoms with E-state index in [0.29, 0.717) is 5.92 Å². The third-order valence-corrected chi connectivity index (χ3v) is 2.25. The molecule has 0 aliphatic carbocycles. The van der Waals surface area contributed by atoms with Crippen molar-refractivity contribution in [1.82, 2.24) is 5.32 Å². The van der Waals surface area contributed by atoms with Crippen LogP contribution in [0, 0.1) is 5.92 Å². The van der Waals surface area contributed by atoms with Crippen molar-refractivity contribution in [2.75, 3.05) is 20.3 Å². The lowest BCUT2D eigenvalue weighted by Crippen LogP contribution is -2.29. The number of aliphatic carboxylic acids is 1. The zero-order valence-corrected chi connectivity index (χ0v) is 7.25. The molecule has 2 unspecified atom stereocenters. The number of ether oxygens (including phenoxy) is 1. The summed E-state index contributed by atoms with van der Waals surface area (Å²) < 4.78 is 4.92. The quantitative estimate of drug-likeness (QED) is 0.632. The van der Waals surface area contributed by atoms with Crippen LogP contribution in [0.5, 0.6) is 0 Å². The molecule has 0 radical (unpaired) electrons. The molecule has 0 aromatic rings. The van der Waals surface area contributed by atoms with Crippen LogP contribution < -0.4 is 5.32 Å². The molecule has 12 heavy (non-hydrogen) atoms. The van der Waals surface area contributed by atoms with Gasteiger partial charge >= 0.3 is 5.97 Å². The average molecular weight is 173 g/mol. The summed E-state index contributed by atoms with van der Waals surface area (Å²) in [5.74, 6) is -0.277. The van der Waals surface area contributed by atoms with Crippen molar-refractivity contribution in [2.24, 2.45) is 5.92 Å². The number of methoxy groups -OCH3 is 1. The minimum absolute atomic E-state index is 0.341. The van der Waals surface area contributed by atoms with Crippen molar-refractivity contribution in [3.8, 4) is 0 Å². The summed E-state index contributed by atoms with van der Waals surface area (Å²) >= 11 is 0. The first-order valence-corrected chi connectivity index (χ1v) is 4.19. The predicted octanol–water partition coefficient (Wildman–Crippen LogP) is 0.0856. The number of nitrogens with one attached hydrogen (secondary N) is 1. The van der Waals surface area contributed by atoms with Crippen LogP contribution in [0.1, 0.15) is 12.8 Å². The van der Waals surface area contributed by atoms with E-state index in [2.05, 4.69) is 5.32 Å². The van der Waals surface area contributed by atoms with Gasteiger partial charge in [0.05, 0.1) is 0 Å². The lowest BCUT2D eigenvalue weighted by Gasteiger charge is -2.05. The highest BCUT2D eigenvalue weighted by molar-refractivity contribution is 5.73. The number of carbonyl (C=O) groups is 1. The average Bonchev–Trinajstić information content (AvgIpc) is 2.48. The van der Waals surface area contributed by atoms with Crippen LogP contribution in [0.4, 0.5) is 0 Å². The highest BCUT2D eigenvalue weighted by atomic mass is 16.5. The van der Waals surface area contributed by atoms with Crippen molar-refractivity contribution < 1.29 is 14.6 Å². The Hall–Kier alpha value is -0.610. The van der Waals surface area contributed by atoms with Gasteiger partial charge in [0.1, 0.15) is 6.04 Å². The van der Waals surface area contributed by atoms with Crippen LogP contribution >= 0.6 is 0 Å². The molecule has 0 bridgehead atoms. The van der Waals surface area contributed by atoms with Crippen molar-refractivity contribution >= 4 is 5.97 Å². The normalized spacial score (nSPS) is 29.1. The lowest BCUT2D eigenvalue weighted by molar-refractivity contribution is -0.139. The molecule has 0 amide bonds. The van der Waals surface area contributed by atoms with E-state index in [0.717, 1.165) is 26.0 Å². The van der Waals surface area contributed by atoms with Crippen molar-refractivity contribution in [3.63, 3.8) is 0 Å². The smallest absolute Gasteiger partial charge is 0.320 e. The topological polar surface area (TPSA) is 58.6 Å². The summed E-state index contributed by atoms with van der Waals surface area (Å²) in [6.45, 7) is 1.53. The highest BCUT2D eigenvalue weighted by Crippen LogP contribution is 2.17. The second-order valence-electron chi connectivity index (χ2n) is 3.18. The summed E-state index contributed by atoms with van der Waals surface area (Å²) in [7, 11) is 1.66. The van der Waals surface area contributed by atoms with E-state index in [1.165, 1.54) is 0 Å². The Morgan fingerprint density at radius 1 is 1.75 bits per heavy atom. The fourth-order valence-electron chi connectivity index (χ4n) is 1.50. The van der Waals surface area contributed by atoms with E-state index in [4.69, 9.17) is 9.84 Å². The van der Waals surface area contributed by atoms with E-state index < -0.39 is 5.97 Å². The van der Waals surface area contributed by atoms with Gasteiger partial charge in [-0.2, -0.15) is 0 Å². The Bertz CT molecular complexity index is 160. The van der Waals surface area contributed by atoms with E-state index in [1.807, 2.05) is 0 Å². The van der Waals surface area contributed by atoms with E-state index >= 15 is 0 Å². The standard InChI is InChI=1S/C8H15NO3/c1-12-3-2-6-4-7(8(10)11)9-5-6/h6-7,9H,2-5H2,1H3,(H,10,11). The van der Waals surface area contributed by atoms with Crippen LogP contribution in [-0.2, 0) is 9.53 Å². The molecular formula is C8H15NO3. The van der Waals surface area contributed by atoms with Crippen LogP contribution in [-0.4, -0.2) is 37.4 Å². The Labute approximate surface area is 71.9 Å². The molecule has 0 spiro atoms. The second-order valence-corrected chi connectivity index (χ2v) is 3.18.